The summed E-state index contributed by atoms with van der Waals surface area (Å²) in [6.45, 7) is 4.12. The number of nitrogens with zero attached hydrogens (tertiary/aromatic N) is 3. The molecule has 198 valence electrons. The maximum Gasteiger partial charge on any atom is 0.405 e. The van der Waals surface area contributed by atoms with Gasteiger partial charge in [-0.25, -0.2) is 27.6 Å². The number of rotatable bonds is 7. The van der Waals surface area contributed by atoms with Crippen molar-refractivity contribution < 1.29 is 27.4 Å². The summed E-state index contributed by atoms with van der Waals surface area (Å²) < 4.78 is 46.0. The standard InChI is InChI=1S/C26H26FN5O5S/c1-14-10-16(38(3,35)36)4-5-17(14)20-12-29-25(32-13-22(31-24(20)32)15(2)30-26(33)34)28-11-19-18-8-9-37-23(18)7-6-21(19)27/h4-7,10,12-13,15,30H,8-9,11H2,1-3H3,(H,28,29)(H,33,34). The minimum Gasteiger partial charge on any atom is -0.493 e. The van der Waals surface area contributed by atoms with E-state index in [1.165, 1.54) is 12.1 Å². The van der Waals surface area contributed by atoms with Gasteiger partial charge in [-0.3, -0.25) is 4.40 Å². The van der Waals surface area contributed by atoms with Crippen molar-refractivity contribution in [3.8, 4) is 16.9 Å². The number of amides is 1. The smallest absolute Gasteiger partial charge is 0.405 e. The van der Waals surface area contributed by atoms with Crippen molar-refractivity contribution in [2.75, 3.05) is 18.2 Å². The van der Waals surface area contributed by atoms with Crippen LogP contribution in [0.3, 0.4) is 0 Å². The molecular formula is C26H26FN5O5S. The molecule has 12 heteroatoms. The summed E-state index contributed by atoms with van der Waals surface area (Å²) in [6, 6.07) is 7.21. The van der Waals surface area contributed by atoms with E-state index in [2.05, 4.69) is 15.6 Å². The van der Waals surface area contributed by atoms with Crippen LogP contribution < -0.4 is 15.4 Å². The molecule has 3 heterocycles. The third kappa shape index (κ3) is 4.74. The summed E-state index contributed by atoms with van der Waals surface area (Å²) >= 11 is 0. The Morgan fingerprint density at radius 2 is 2.05 bits per heavy atom. The van der Waals surface area contributed by atoms with Crippen LogP contribution in [-0.2, 0) is 22.8 Å². The number of sulfone groups is 1. The van der Waals surface area contributed by atoms with Gasteiger partial charge in [0.05, 0.1) is 23.2 Å². The summed E-state index contributed by atoms with van der Waals surface area (Å²) in [5, 5.41) is 14.8. The molecule has 0 saturated carbocycles. The molecule has 1 aliphatic heterocycles. The first-order valence-corrected chi connectivity index (χ1v) is 13.8. The van der Waals surface area contributed by atoms with E-state index in [9.17, 15) is 22.7 Å². The Balaban J connectivity index is 1.59. The van der Waals surface area contributed by atoms with Crippen LogP contribution in [0.1, 0.15) is 35.3 Å². The number of carboxylic acid groups (broad SMARTS) is 1. The van der Waals surface area contributed by atoms with Gasteiger partial charge in [-0.2, -0.15) is 0 Å². The molecule has 0 bridgehead atoms. The van der Waals surface area contributed by atoms with E-state index in [0.29, 0.717) is 52.8 Å². The number of aryl methyl sites for hydroxylation is 1. The van der Waals surface area contributed by atoms with Crippen LogP contribution >= 0.6 is 0 Å². The molecular weight excluding hydrogens is 513 g/mol. The molecule has 3 N–H and O–H groups in total. The van der Waals surface area contributed by atoms with Crippen LogP contribution in [0, 0.1) is 12.7 Å². The van der Waals surface area contributed by atoms with Crippen molar-refractivity contribution in [3.63, 3.8) is 0 Å². The first-order chi connectivity index (χ1) is 18.0. The van der Waals surface area contributed by atoms with Crippen LogP contribution in [0.4, 0.5) is 15.1 Å². The SMILES string of the molecule is Cc1cc(S(C)(=O)=O)ccc1-c1cnc(NCc2c(F)ccc3c2CCO3)n2cc(C(C)NC(=O)O)nc12. The van der Waals surface area contributed by atoms with Crippen molar-refractivity contribution in [3.05, 3.63) is 70.9 Å². The van der Waals surface area contributed by atoms with Crippen LogP contribution in [0.15, 0.2) is 47.6 Å². The molecule has 0 saturated heterocycles. The average Bonchev–Trinajstić information content (AvgIpc) is 3.50. The molecule has 2 aromatic carbocycles. The largest absolute Gasteiger partial charge is 0.493 e. The Morgan fingerprint density at radius 3 is 2.76 bits per heavy atom. The highest BCUT2D eigenvalue weighted by Gasteiger charge is 2.22. The summed E-state index contributed by atoms with van der Waals surface area (Å²) in [7, 11) is -3.38. The Kier molecular flexibility index (Phi) is 6.43. The molecule has 0 radical (unpaired) electrons. The molecule has 1 aliphatic rings. The molecule has 2 aromatic heterocycles. The lowest BCUT2D eigenvalue weighted by Gasteiger charge is -2.14. The second-order valence-electron chi connectivity index (χ2n) is 9.23. The van der Waals surface area contributed by atoms with Gasteiger partial charge < -0.3 is 20.5 Å². The fourth-order valence-corrected chi connectivity index (χ4v) is 5.33. The van der Waals surface area contributed by atoms with E-state index < -0.39 is 22.0 Å². The number of anilines is 1. The fraction of sp³-hybridized carbons (Fsp3) is 0.269. The summed E-state index contributed by atoms with van der Waals surface area (Å²) in [6.07, 6.45) is 3.86. The molecule has 1 amide bonds. The van der Waals surface area contributed by atoms with Crippen LogP contribution in [0.2, 0.25) is 0 Å². The average molecular weight is 540 g/mol. The molecule has 10 nitrogen and oxygen atoms in total. The zero-order valence-electron chi connectivity index (χ0n) is 20.9. The van der Waals surface area contributed by atoms with Gasteiger partial charge in [0.25, 0.3) is 0 Å². The van der Waals surface area contributed by atoms with Crippen molar-refractivity contribution in [1.82, 2.24) is 19.7 Å². The molecule has 4 aromatic rings. The van der Waals surface area contributed by atoms with Crippen molar-refractivity contribution in [1.29, 1.82) is 0 Å². The van der Waals surface area contributed by atoms with Gasteiger partial charge >= 0.3 is 6.09 Å². The van der Waals surface area contributed by atoms with Gasteiger partial charge in [0.1, 0.15) is 17.2 Å². The molecule has 0 fully saturated rings. The topological polar surface area (TPSA) is 135 Å². The molecule has 0 spiro atoms. The summed E-state index contributed by atoms with van der Waals surface area (Å²) in [5.74, 6) is 0.705. The first kappa shape index (κ1) is 25.5. The number of carbonyl (C=O) groups is 1. The van der Waals surface area contributed by atoms with E-state index in [4.69, 9.17) is 9.72 Å². The van der Waals surface area contributed by atoms with E-state index in [-0.39, 0.29) is 17.3 Å². The zero-order chi connectivity index (χ0) is 27.2. The minimum atomic E-state index is -3.38. The fourth-order valence-electron chi connectivity index (χ4n) is 4.63. The second kappa shape index (κ2) is 9.60. The Morgan fingerprint density at radius 1 is 1.26 bits per heavy atom. The number of nitrogens with one attached hydrogen (secondary N) is 2. The highest BCUT2D eigenvalue weighted by Crippen LogP contribution is 2.33. The second-order valence-corrected chi connectivity index (χ2v) is 11.2. The normalized spacial score (nSPS) is 13.7. The Hall–Kier alpha value is -4.19. The Bertz CT molecular complexity index is 1690. The van der Waals surface area contributed by atoms with E-state index >= 15 is 0 Å². The molecule has 5 rings (SSSR count). The van der Waals surface area contributed by atoms with E-state index in [0.717, 1.165) is 17.4 Å². The van der Waals surface area contributed by atoms with Gasteiger partial charge in [0, 0.05) is 48.3 Å². The zero-order valence-corrected chi connectivity index (χ0v) is 21.8. The van der Waals surface area contributed by atoms with Gasteiger partial charge in [0.2, 0.25) is 5.95 Å². The minimum absolute atomic E-state index is 0.151. The first-order valence-electron chi connectivity index (χ1n) is 11.9. The quantitative estimate of drug-likeness (QED) is 0.319. The highest BCUT2D eigenvalue weighted by atomic mass is 32.2. The number of hydrogen-bond donors (Lipinski definition) is 3. The van der Waals surface area contributed by atoms with Gasteiger partial charge in [-0.1, -0.05) is 6.07 Å². The lowest BCUT2D eigenvalue weighted by Crippen LogP contribution is -2.24. The lowest BCUT2D eigenvalue weighted by molar-refractivity contribution is 0.190. The molecule has 1 atom stereocenters. The van der Waals surface area contributed by atoms with E-state index in [1.54, 1.807) is 48.8 Å². The Labute approximate surface area is 218 Å². The molecule has 0 aliphatic carbocycles. The number of ether oxygens (including phenoxy) is 1. The number of benzene rings is 2. The summed E-state index contributed by atoms with van der Waals surface area (Å²) in [4.78, 5) is 20.7. The summed E-state index contributed by atoms with van der Waals surface area (Å²) in [5.41, 5.74) is 4.30. The van der Waals surface area contributed by atoms with Gasteiger partial charge in [0.15, 0.2) is 9.84 Å². The number of imidazole rings is 1. The monoisotopic (exact) mass is 539 g/mol. The van der Waals surface area contributed by atoms with Gasteiger partial charge in [-0.05, 0) is 49.2 Å². The maximum absolute atomic E-state index is 14.7. The molecule has 38 heavy (non-hydrogen) atoms. The molecule has 1 unspecified atom stereocenters. The highest BCUT2D eigenvalue weighted by molar-refractivity contribution is 7.90. The number of fused-ring (bicyclic) bond motifs is 2. The third-order valence-corrected chi connectivity index (χ3v) is 7.68. The maximum atomic E-state index is 14.7. The van der Waals surface area contributed by atoms with Crippen molar-refractivity contribution >= 4 is 27.5 Å². The lowest BCUT2D eigenvalue weighted by atomic mass is 10.0. The van der Waals surface area contributed by atoms with Crippen LogP contribution in [0.5, 0.6) is 5.75 Å². The number of halogens is 1. The number of hydrogen-bond acceptors (Lipinski definition) is 7. The third-order valence-electron chi connectivity index (χ3n) is 6.57. The number of aromatic nitrogens is 3. The predicted molar refractivity (Wildman–Crippen MR) is 139 cm³/mol. The van der Waals surface area contributed by atoms with Crippen LogP contribution in [-0.4, -0.2) is 46.8 Å². The van der Waals surface area contributed by atoms with E-state index in [1.807, 2.05) is 0 Å². The predicted octanol–water partition coefficient (Wildman–Crippen LogP) is 4.12. The van der Waals surface area contributed by atoms with Crippen molar-refractivity contribution in [2.45, 2.75) is 37.8 Å². The van der Waals surface area contributed by atoms with Crippen molar-refractivity contribution in [2.24, 2.45) is 0 Å². The van der Waals surface area contributed by atoms with Gasteiger partial charge in [-0.15, -0.1) is 0 Å². The van der Waals surface area contributed by atoms with Crippen LogP contribution in [0.25, 0.3) is 16.8 Å².